The summed E-state index contributed by atoms with van der Waals surface area (Å²) in [6, 6.07) is -0.827. The Morgan fingerprint density at radius 1 is 1.19 bits per heavy atom. The van der Waals surface area contributed by atoms with Crippen molar-refractivity contribution in [1.82, 2.24) is 10.6 Å². The lowest BCUT2D eigenvalue weighted by Crippen LogP contribution is -2.53. The summed E-state index contributed by atoms with van der Waals surface area (Å²) in [5, 5.41) is 13.6. The maximum atomic E-state index is 12.2. The number of allylic oxidation sites excluding steroid dienone is 5. The van der Waals surface area contributed by atoms with E-state index in [1.807, 2.05) is 40.0 Å². The van der Waals surface area contributed by atoms with Crippen molar-refractivity contribution in [2.45, 2.75) is 53.0 Å². The summed E-state index contributed by atoms with van der Waals surface area (Å²) in [5.74, 6) is -1.21. The second kappa shape index (κ2) is 12.2. The molecule has 0 radical (unpaired) electrons. The van der Waals surface area contributed by atoms with Gasteiger partial charge < -0.3 is 16.4 Å². The SMILES string of the molecule is CNCCC/C=C\C/C=C\C=C(/C)C(=N)C(=O)NC(C(N)=O)C(C)(C)C. The Labute approximate surface area is 157 Å². The minimum absolute atomic E-state index is 0.173. The molecule has 0 rings (SSSR count). The molecule has 26 heavy (non-hydrogen) atoms. The normalized spacial score (nSPS) is 14.0. The van der Waals surface area contributed by atoms with E-state index in [9.17, 15) is 9.59 Å². The fourth-order valence-electron chi connectivity index (χ4n) is 2.16. The fourth-order valence-corrected chi connectivity index (χ4v) is 2.16. The van der Waals surface area contributed by atoms with Crippen molar-refractivity contribution in [1.29, 1.82) is 5.41 Å². The highest BCUT2D eigenvalue weighted by atomic mass is 16.2. The minimum Gasteiger partial charge on any atom is -0.368 e. The number of primary amides is 1. The van der Waals surface area contributed by atoms with Crippen LogP contribution in [0.5, 0.6) is 0 Å². The highest BCUT2D eigenvalue weighted by Crippen LogP contribution is 2.19. The summed E-state index contributed by atoms with van der Waals surface area (Å²) in [6.07, 6.45) is 12.7. The molecule has 0 aromatic heterocycles. The fraction of sp³-hybridized carbons (Fsp3) is 0.550. The van der Waals surface area contributed by atoms with Gasteiger partial charge >= 0.3 is 0 Å². The Balaban J connectivity index is 4.55. The van der Waals surface area contributed by atoms with Crippen LogP contribution in [0, 0.1) is 10.8 Å². The average molecular weight is 363 g/mol. The molecular weight excluding hydrogens is 328 g/mol. The van der Waals surface area contributed by atoms with Gasteiger partial charge in [0.25, 0.3) is 5.91 Å². The van der Waals surface area contributed by atoms with Crippen molar-refractivity contribution in [2.75, 3.05) is 13.6 Å². The molecule has 0 bridgehead atoms. The van der Waals surface area contributed by atoms with Gasteiger partial charge in [0, 0.05) is 0 Å². The maximum Gasteiger partial charge on any atom is 0.270 e. The molecule has 0 aliphatic rings. The van der Waals surface area contributed by atoms with E-state index < -0.39 is 23.3 Å². The highest BCUT2D eigenvalue weighted by Gasteiger charge is 2.31. The van der Waals surface area contributed by atoms with Crippen molar-refractivity contribution >= 4 is 17.5 Å². The molecule has 1 atom stereocenters. The van der Waals surface area contributed by atoms with Crippen LogP contribution < -0.4 is 16.4 Å². The van der Waals surface area contributed by atoms with Gasteiger partial charge in [-0.2, -0.15) is 0 Å². The second-order valence-electron chi connectivity index (χ2n) is 7.28. The van der Waals surface area contributed by atoms with Gasteiger partial charge in [0.1, 0.15) is 11.8 Å². The van der Waals surface area contributed by atoms with Gasteiger partial charge in [0.15, 0.2) is 0 Å². The molecule has 0 aromatic carbocycles. The summed E-state index contributed by atoms with van der Waals surface area (Å²) in [5.41, 5.74) is 5.19. The van der Waals surface area contributed by atoms with Crippen molar-refractivity contribution in [3.8, 4) is 0 Å². The second-order valence-corrected chi connectivity index (χ2v) is 7.28. The Hall–Kier alpha value is -2.21. The first kappa shape index (κ1) is 23.8. The van der Waals surface area contributed by atoms with Crippen molar-refractivity contribution in [3.63, 3.8) is 0 Å². The van der Waals surface area contributed by atoms with E-state index in [0.717, 1.165) is 25.8 Å². The van der Waals surface area contributed by atoms with Gasteiger partial charge in [-0.15, -0.1) is 0 Å². The maximum absolute atomic E-state index is 12.2. The lowest BCUT2D eigenvalue weighted by Gasteiger charge is -2.28. The topological polar surface area (TPSA) is 108 Å². The van der Waals surface area contributed by atoms with Crippen LogP contribution in [0.15, 0.2) is 36.0 Å². The van der Waals surface area contributed by atoms with E-state index in [1.54, 1.807) is 13.0 Å². The number of carbonyl (C=O) groups excluding carboxylic acids is 2. The molecule has 6 heteroatoms. The molecule has 0 saturated heterocycles. The van der Waals surface area contributed by atoms with Crippen LogP contribution in [0.1, 0.15) is 47.0 Å². The predicted molar refractivity (Wildman–Crippen MR) is 108 cm³/mol. The van der Waals surface area contributed by atoms with E-state index in [-0.39, 0.29) is 5.71 Å². The summed E-state index contributed by atoms with van der Waals surface area (Å²) < 4.78 is 0. The van der Waals surface area contributed by atoms with Crippen LogP contribution in [0.2, 0.25) is 0 Å². The summed E-state index contributed by atoms with van der Waals surface area (Å²) in [7, 11) is 1.94. The third kappa shape index (κ3) is 9.93. The zero-order valence-corrected chi connectivity index (χ0v) is 16.7. The molecule has 5 N–H and O–H groups in total. The quantitative estimate of drug-likeness (QED) is 0.196. The zero-order chi connectivity index (χ0) is 20.2. The number of hydrogen-bond donors (Lipinski definition) is 4. The zero-order valence-electron chi connectivity index (χ0n) is 16.7. The summed E-state index contributed by atoms with van der Waals surface area (Å²) in [6.45, 7) is 8.13. The van der Waals surface area contributed by atoms with E-state index in [4.69, 9.17) is 11.1 Å². The molecule has 6 nitrogen and oxygen atoms in total. The van der Waals surface area contributed by atoms with E-state index in [0.29, 0.717) is 5.57 Å². The van der Waals surface area contributed by atoms with Crippen LogP contribution in [-0.4, -0.2) is 37.2 Å². The van der Waals surface area contributed by atoms with Gasteiger partial charge in [-0.05, 0) is 50.8 Å². The predicted octanol–water partition coefficient (Wildman–Crippen LogP) is 2.47. The number of rotatable bonds is 11. The van der Waals surface area contributed by atoms with Crippen LogP contribution in [0.4, 0.5) is 0 Å². The standard InChI is InChI=1S/C20H34N4O2/c1-15(13-11-9-7-6-8-10-12-14-23-5)16(21)19(26)24-17(18(22)25)20(2,3)4/h6,8-9,11,13,17,21,23H,7,10,12,14H2,1-5H3,(H2,22,25)(H,24,26)/b8-6-,11-9-,15-13+,21-16?. The molecular formula is C20H34N4O2. The average Bonchev–Trinajstić information content (AvgIpc) is 2.55. The number of nitrogens with two attached hydrogens (primary N) is 1. The van der Waals surface area contributed by atoms with Crippen LogP contribution in [0.25, 0.3) is 0 Å². The lowest BCUT2D eigenvalue weighted by atomic mass is 9.86. The molecule has 0 heterocycles. The van der Waals surface area contributed by atoms with Gasteiger partial charge in [0.2, 0.25) is 5.91 Å². The van der Waals surface area contributed by atoms with Crippen LogP contribution in [-0.2, 0) is 9.59 Å². The Morgan fingerprint density at radius 3 is 2.38 bits per heavy atom. The number of carbonyl (C=O) groups is 2. The van der Waals surface area contributed by atoms with Crippen LogP contribution >= 0.6 is 0 Å². The molecule has 0 spiro atoms. The monoisotopic (exact) mass is 362 g/mol. The molecule has 0 aliphatic heterocycles. The minimum atomic E-state index is -0.827. The van der Waals surface area contributed by atoms with Gasteiger partial charge in [-0.3, -0.25) is 15.0 Å². The first-order valence-corrected chi connectivity index (χ1v) is 8.93. The Bertz CT molecular complexity index is 569. The lowest BCUT2D eigenvalue weighted by molar-refractivity contribution is -0.126. The molecule has 1 unspecified atom stereocenters. The Kier molecular flexibility index (Phi) is 11.2. The van der Waals surface area contributed by atoms with Crippen molar-refractivity contribution in [3.05, 3.63) is 36.0 Å². The Morgan fingerprint density at radius 2 is 1.85 bits per heavy atom. The third-order valence-corrected chi connectivity index (χ3v) is 3.77. The smallest absolute Gasteiger partial charge is 0.270 e. The van der Waals surface area contributed by atoms with Gasteiger partial charge in [-0.1, -0.05) is 51.2 Å². The number of amides is 2. The third-order valence-electron chi connectivity index (χ3n) is 3.77. The van der Waals surface area contributed by atoms with E-state index in [1.165, 1.54) is 0 Å². The molecule has 0 saturated carbocycles. The van der Waals surface area contributed by atoms with E-state index >= 15 is 0 Å². The van der Waals surface area contributed by atoms with Crippen LogP contribution in [0.3, 0.4) is 0 Å². The molecule has 2 amide bonds. The molecule has 0 aromatic rings. The van der Waals surface area contributed by atoms with Gasteiger partial charge in [0.05, 0.1) is 0 Å². The molecule has 146 valence electrons. The highest BCUT2D eigenvalue weighted by molar-refractivity contribution is 6.44. The number of hydrogen-bond acceptors (Lipinski definition) is 4. The van der Waals surface area contributed by atoms with Crippen molar-refractivity contribution in [2.24, 2.45) is 11.1 Å². The van der Waals surface area contributed by atoms with Crippen molar-refractivity contribution < 1.29 is 9.59 Å². The first-order valence-electron chi connectivity index (χ1n) is 8.93. The van der Waals surface area contributed by atoms with E-state index in [2.05, 4.69) is 22.8 Å². The number of nitrogens with one attached hydrogen (secondary N) is 3. The molecule has 0 aliphatic carbocycles. The largest absolute Gasteiger partial charge is 0.368 e. The number of unbranched alkanes of at least 4 members (excludes halogenated alkanes) is 1. The summed E-state index contributed by atoms with van der Waals surface area (Å²) >= 11 is 0. The first-order chi connectivity index (χ1) is 12.1. The van der Waals surface area contributed by atoms with Gasteiger partial charge in [-0.25, -0.2) is 0 Å². The molecule has 0 fully saturated rings. The summed E-state index contributed by atoms with van der Waals surface area (Å²) in [4.78, 5) is 23.7.